The predicted octanol–water partition coefficient (Wildman–Crippen LogP) is 5.64. The molecule has 3 aliphatic rings. The number of aliphatic imine (C=N–C) groups is 1. The fourth-order valence-corrected chi connectivity index (χ4v) is 6.13. The lowest BCUT2D eigenvalue weighted by molar-refractivity contribution is 0.0486. The van der Waals surface area contributed by atoms with Gasteiger partial charge in [0.1, 0.15) is 12.7 Å². The number of carbonyl (C=O) groups is 2. The second kappa shape index (κ2) is 14.5. The van der Waals surface area contributed by atoms with Gasteiger partial charge in [0, 0.05) is 12.1 Å². The summed E-state index contributed by atoms with van der Waals surface area (Å²) in [5.41, 5.74) is 0. The Kier molecular flexibility index (Phi) is 11.4. The van der Waals surface area contributed by atoms with Crippen LogP contribution in [-0.4, -0.2) is 49.1 Å². The molecule has 0 saturated heterocycles. The second-order valence-electron chi connectivity index (χ2n) is 11.1. The first-order chi connectivity index (χ1) is 16.9. The van der Waals surface area contributed by atoms with Crippen LogP contribution in [0.15, 0.2) is 4.99 Å². The summed E-state index contributed by atoms with van der Waals surface area (Å²) in [7, 11) is 0. The lowest BCUT2D eigenvalue weighted by atomic mass is 9.76. The SMILES string of the molecule is CCC1CCC(NC(=O)OC(C)COC(=O)NC2CCC(CC3CCC(N=C=O)CC3)CC2)CC1. The Bertz CT molecular complexity index is 702. The molecule has 0 bridgehead atoms. The average Bonchev–Trinajstić information content (AvgIpc) is 2.86. The third kappa shape index (κ3) is 9.83. The summed E-state index contributed by atoms with van der Waals surface area (Å²) in [5.74, 6) is 2.22. The fourth-order valence-electron chi connectivity index (χ4n) is 6.13. The number of amides is 2. The minimum Gasteiger partial charge on any atom is -0.446 e. The number of alkyl carbamates (subject to hydrolysis) is 2. The van der Waals surface area contributed by atoms with Gasteiger partial charge < -0.3 is 20.1 Å². The van der Waals surface area contributed by atoms with Crippen LogP contribution in [0.25, 0.3) is 0 Å². The summed E-state index contributed by atoms with van der Waals surface area (Å²) in [6.07, 6.45) is 15.6. The van der Waals surface area contributed by atoms with Crippen molar-refractivity contribution in [2.75, 3.05) is 6.61 Å². The van der Waals surface area contributed by atoms with Gasteiger partial charge in [0.05, 0.1) is 6.04 Å². The molecule has 3 rings (SSSR count). The molecule has 0 aromatic heterocycles. The van der Waals surface area contributed by atoms with Crippen LogP contribution in [0.1, 0.15) is 104 Å². The van der Waals surface area contributed by atoms with E-state index in [2.05, 4.69) is 22.5 Å². The van der Waals surface area contributed by atoms with Gasteiger partial charge in [-0.15, -0.1) is 0 Å². The maximum atomic E-state index is 12.2. The second-order valence-corrected chi connectivity index (χ2v) is 11.1. The first kappa shape index (κ1) is 27.5. The van der Waals surface area contributed by atoms with Crippen molar-refractivity contribution in [3.63, 3.8) is 0 Å². The zero-order valence-electron chi connectivity index (χ0n) is 21.6. The average molecular weight is 492 g/mol. The Hall–Kier alpha value is -2.08. The van der Waals surface area contributed by atoms with E-state index >= 15 is 0 Å². The van der Waals surface area contributed by atoms with Gasteiger partial charge in [0.2, 0.25) is 6.08 Å². The van der Waals surface area contributed by atoms with E-state index in [0.29, 0.717) is 5.92 Å². The van der Waals surface area contributed by atoms with Gasteiger partial charge in [-0.05, 0) is 108 Å². The van der Waals surface area contributed by atoms with E-state index in [4.69, 9.17) is 9.47 Å². The third-order valence-corrected chi connectivity index (χ3v) is 8.39. The molecule has 0 aromatic carbocycles. The molecule has 0 aromatic rings. The zero-order chi connectivity index (χ0) is 25.0. The van der Waals surface area contributed by atoms with Gasteiger partial charge in [0.15, 0.2) is 0 Å². The highest BCUT2D eigenvalue weighted by Crippen LogP contribution is 2.36. The maximum Gasteiger partial charge on any atom is 0.407 e. The number of nitrogens with one attached hydrogen (secondary N) is 2. The molecule has 3 fully saturated rings. The first-order valence-corrected chi connectivity index (χ1v) is 13.9. The Morgan fingerprint density at radius 2 is 1.34 bits per heavy atom. The molecule has 198 valence electrons. The molecule has 2 N–H and O–H groups in total. The van der Waals surface area contributed by atoms with Gasteiger partial charge in [-0.2, -0.15) is 0 Å². The van der Waals surface area contributed by atoms with Gasteiger partial charge in [-0.1, -0.05) is 13.3 Å². The highest BCUT2D eigenvalue weighted by Gasteiger charge is 2.28. The summed E-state index contributed by atoms with van der Waals surface area (Å²) >= 11 is 0. The molecule has 0 spiro atoms. The third-order valence-electron chi connectivity index (χ3n) is 8.39. The number of rotatable bonds is 9. The zero-order valence-corrected chi connectivity index (χ0v) is 21.6. The van der Waals surface area contributed by atoms with E-state index in [0.717, 1.165) is 88.9 Å². The molecule has 2 amide bonds. The van der Waals surface area contributed by atoms with Gasteiger partial charge in [-0.25, -0.2) is 19.4 Å². The standard InChI is InChI=1S/C27H45N3O5/c1-3-20-4-12-25(13-5-20)30-27(33)35-19(2)17-34-26(32)29-24-14-8-22(9-15-24)16-21-6-10-23(11-7-21)28-18-31/h19-25H,3-17H2,1-2H3,(H,29,32)(H,30,33). The monoisotopic (exact) mass is 491 g/mol. The molecule has 1 unspecified atom stereocenters. The quantitative estimate of drug-likeness (QED) is 0.321. The van der Waals surface area contributed by atoms with E-state index in [1.165, 1.54) is 12.8 Å². The van der Waals surface area contributed by atoms with Crippen LogP contribution in [0.3, 0.4) is 0 Å². The molecule has 8 nitrogen and oxygen atoms in total. The lowest BCUT2D eigenvalue weighted by Crippen LogP contribution is -2.41. The number of ether oxygens (including phenoxy) is 2. The number of nitrogens with zero attached hydrogens (tertiary/aromatic N) is 1. The van der Waals surface area contributed by atoms with Crippen molar-refractivity contribution in [3.05, 3.63) is 0 Å². The first-order valence-electron chi connectivity index (χ1n) is 13.9. The van der Waals surface area contributed by atoms with Crippen molar-refractivity contribution in [2.24, 2.45) is 22.7 Å². The van der Waals surface area contributed by atoms with Crippen molar-refractivity contribution < 1.29 is 23.9 Å². The Morgan fingerprint density at radius 1 is 0.829 bits per heavy atom. The largest absolute Gasteiger partial charge is 0.446 e. The summed E-state index contributed by atoms with van der Waals surface area (Å²) in [4.78, 5) is 38.7. The molecule has 3 aliphatic carbocycles. The Balaban J connectivity index is 1.23. The van der Waals surface area contributed by atoms with Crippen molar-refractivity contribution in [1.29, 1.82) is 0 Å². The number of carbonyl (C=O) groups excluding carboxylic acids is 3. The van der Waals surface area contributed by atoms with Crippen LogP contribution >= 0.6 is 0 Å². The maximum absolute atomic E-state index is 12.2. The number of hydrogen-bond donors (Lipinski definition) is 2. The number of isocyanates is 1. The van der Waals surface area contributed by atoms with Crippen molar-refractivity contribution in [2.45, 2.75) is 128 Å². The summed E-state index contributed by atoms with van der Waals surface area (Å²) in [5, 5.41) is 5.93. The Morgan fingerprint density at radius 3 is 1.89 bits per heavy atom. The molecule has 0 radical (unpaired) electrons. The minimum atomic E-state index is -0.490. The highest BCUT2D eigenvalue weighted by atomic mass is 16.6. The highest BCUT2D eigenvalue weighted by molar-refractivity contribution is 5.68. The predicted molar refractivity (Wildman–Crippen MR) is 134 cm³/mol. The summed E-state index contributed by atoms with van der Waals surface area (Å²) < 4.78 is 10.7. The van der Waals surface area contributed by atoms with Gasteiger partial charge in [0.25, 0.3) is 0 Å². The Labute approximate surface area is 210 Å². The summed E-state index contributed by atoms with van der Waals surface area (Å²) in [6.45, 7) is 4.01. The van der Waals surface area contributed by atoms with Crippen LogP contribution in [0, 0.1) is 17.8 Å². The van der Waals surface area contributed by atoms with Crippen LogP contribution in [0.5, 0.6) is 0 Å². The van der Waals surface area contributed by atoms with Crippen LogP contribution < -0.4 is 10.6 Å². The molecule has 3 saturated carbocycles. The molecule has 0 aliphatic heterocycles. The molecule has 0 heterocycles. The van der Waals surface area contributed by atoms with Crippen molar-refractivity contribution >= 4 is 18.3 Å². The molecule has 8 heteroatoms. The molecule has 1 atom stereocenters. The fraction of sp³-hybridized carbons (Fsp3) is 0.889. The van der Waals surface area contributed by atoms with E-state index in [-0.39, 0.29) is 24.7 Å². The van der Waals surface area contributed by atoms with E-state index in [1.807, 2.05) is 0 Å². The van der Waals surface area contributed by atoms with E-state index < -0.39 is 18.3 Å². The molecule has 35 heavy (non-hydrogen) atoms. The molecular weight excluding hydrogens is 446 g/mol. The van der Waals surface area contributed by atoms with Gasteiger partial charge >= 0.3 is 12.2 Å². The van der Waals surface area contributed by atoms with Crippen LogP contribution in [0.2, 0.25) is 0 Å². The smallest absolute Gasteiger partial charge is 0.407 e. The number of hydrogen-bond acceptors (Lipinski definition) is 6. The van der Waals surface area contributed by atoms with Crippen molar-refractivity contribution in [3.8, 4) is 0 Å². The van der Waals surface area contributed by atoms with Crippen LogP contribution in [0.4, 0.5) is 9.59 Å². The van der Waals surface area contributed by atoms with Gasteiger partial charge in [-0.3, -0.25) is 0 Å². The van der Waals surface area contributed by atoms with E-state index in [1.54, 1.807) is 13.0 Å². The van der Waals surface area contributed by atoms with E-state index in [9.17, 15) is 14.4 Å². The van der Waals surface area contributed by atoms with Crippen molar-refractivity contribution in [1.82, 2.24) is 10.6 Å². The normalized spacial score (nSPS) is 31.9. The summed E-state index contributed by atoms with van der Waals surface area (Å²) in [6, 6.07) is 0.514. The molecular formula is C27H45N3O5. The van der Waals surface area contributed by atoms with Crippen LogP contribution in [-0.2, 0) is 14.3 Å². The minimum absolute atomic E-state index is 0.0496. The lowest BCUT2D eigenvalue weighted by Gasteiger charge is -2.33. The topological polar surface area (TPSA) is 106 Å².